The van der Waals surface area contributed by atoms with E-state index in [2.05, 4.69) is 76.1 Å². The van der Waals surface area contributed by atoms with Crippen molar-refractivity contribution in [2.75, 3.05) is 0 Å². The van der Waals surface area contributed by atoms with E-state index >= 15 is 0 Å². The van der Waals surface area contributed by atoms with E-state index in [-0.39, 0.29) is 0 Å². The van der Waals surface area contributed by atoms with Crippen LogP contribution in [0.5, 0.6) is 0 Å². The average Bonchev–Trinajstić information content (AvgIpc) is 3.45. The number of hydrogen-bond donors (Lipinski definition) is 2. The van der Waals surface area contributed by atoms with E-state index in [0.29, 0.717) is 0 Å². The van der Waals surface area contributed by atoms with Crippen LogP contribution in [-0.2, 0) is 0 Å². The summed E-state index contributed by atoms with van der Waals surface area (Å²) >= 11 is 0. The second kappa shape index (κ2) is 8.44. The van der Waals surface area contributed by atoms with Gasteiger partial charge in [0.2, 0.25) is 0 Å². The molecule has 0 aliphatic carbocycles. The van der Waals surface area contributed by atoms with Crippen LogP contribution in [0.25, 0.3) is 39.3 Å². The molecule has 3 heterocycles. The fourth-order valence-corrected chi connectivity index (χ4v) is 3.39. The van der Waals surface area contributed by atoms with E-state index < -0.39 is 0 Å². The van der Waals surface area contributed by atoms with E-state index in [0.717, 1.165) is 45.0 Å². The van der Waals surface area contributed by atoms with Crippen molar-refractivity contribution in [2.24, 2.45) is 0 Å². The van der Waals surface area contributed by atoms with Gasteiger partial charge in [-0.1, -0.05) is 49.1 Å². The molecule has 0 saturated heterocycles. The lowest BCUT2D eigenvalue weighted by Crippen LogP contribution is -1.84. The van der Waals surface area contributed by atoms with E-state index in [9.17, 15) is 0 Å². The first-order chi connectivity index (χ1) is 14.3. The van der Waals surface area contributed by atoms with E-state index in [1.807, 2.05) is 49.7 Å². The summed E-state index contributed by atoms with van der Waals surface area (Å²) in [7, 11) is 0. The Bertz CT molecular complexity index is 1170. The molecule has 4 aromatic rings. The summed E-state index contributed by atoms with van der Waals surface area (Å²) in [6, 6.07) is 21.0. The van der Waals surface area contributed by atoms with E-state index in [1.54, 1.807) is 0 Å². The first-order valence-corrected chi connectivity index (χ1v) is 9.63. The summed E-state index contributed by atoms with van der Waals surface area (Å²) in [5.41, 5.74) is 8.86. The number of aromatic amines is 2. The van der Waals surface area contributed by atoms with Crippen molar-refractivity contribution >= 4 is 5.57 Å². The zero-order valence-electron chi connectivity index (χ0n) is 16.4. The Morgan fingerprint density at radius 2 is 1.48 bits per heavy atom. The van der Waals surface area contributed by atoms with Gasteiger partial charge in [0.1, 0.15) is 0 Å². The molecule has 0 fully saturated rings. The van der Waals surface area contributed by atoms with Crippen LogP contribution in [0.1, 0.15) is 12.6 Å². The highest BCUT2D eigenvalue weighted by atomic mass is 14.7. The van der Waals surface area contributed by atoms with Crippen LogP contribution in [0.4, 0.5) is 0 Å². The van der Waals surface area contributed by atoms with Gasteiger partial charge in [-0.15, -0.1) is 0 Å². The molecule has 0 radical (unpaired) electrons. The predicted octanol–water partition coefficient (Wildman–Crippen LogP) is 6.88. The summed E-state index contributed by atoms with van der Waals surface area (Å²) in [6.07, 6.45) is 11.5. The standard InChI is InChI=1S/C26H23N3/c1-3-6-19(7-4-2)23-10-12-25(28-23)21-8-5-9-22(18-21)26-13-11-24(29-26)20-14-16-27-17-15-20/h3-18,28-29H,1H2,2H3/b7-4-,19-6+. The average molecular weight is 377 g/mol. The third-order valence-electron chi connectivity index (χ3n) is 4.80. The van der Waals surface area contributed by atoms with Crippen molar-refractivity contribution in [3.63, 3.8) is 0 Å². The van der Waals surface area contributed by atoms with Crippen LogP contribution >= 0.6 is 0 Å². The molecule has 0 amide bonds. The van der Waals surface area contributed by atoms with Gasteiger partial charge in [0.05, 0.1) is 0 Å². The molecule has 0 unspecified atom stereocenters. The SMILES string of the molecule is C=C/C=C(\C=C/C)c1ccc(-c2cccc(-c3ccc(-c4ccncc4)[nH]3)c2)[nH]1. The highest BCUT2D eigenvalue weighted by Crippen LogP contribution is 2.29. The fraction of sp³-hybridized carbons (Fsp3) is 0.0385. The minimum absolute atomic E-state index is 1.07. The molecule has 2 N–H and O–H groups in total. The third kappa shape index (κ3) is 4.04. The molecule has 4 rings (SSSR count). The Labute approximate surface area is 171 Å². The first-order valence-electron chi connectivity index (χ1n) is 9.63. The highest BCUT2D eigenvalue weighted by Gasteiger charge is 2.08. The maximum atomic E-state index is 4.09. The van der Waals surface area contributed by atoms with Crippen LogP contribution < -0.4 is 0 Å². The normalized spacial score (nSPS) is 11.8. The topological polar surface area (TPSA) is 44.5 Å². The lowest BCUT2D eigenvalue weighted by atomic mass is 10.1. The van der Waals surface area contributed by atoms with Crippen LogP contribution in [0.2, 0.25) is 0 Å². The summed E-state index contributed by atoms with van der Waals surface area (Å²) < 4.78 is 0. The number of rotatable bonds is 6. The maximum Gasteiger partial charge on any atom is 0.0459 e. The van der Waals surface area contributed by atoms with Crippen LogP contribution in [0.3, 0.4) is 0 Å². The molecule has 0 aliphatic rings. The molecule has 0 saturated carbocycles. The molecule has 142 valence electrons. The van der Waals surface area contributed by atoms with Gasteiger partial charge in [-0.25, -0.2) is 0 Å². The largest absolute Gasteiger partial charge is 0.355 e. The van der Waals surface area contributed by atoms with Gasteiger partial charge in [-0.3, -0.25) is 4.98 Å². The Balaban J connectivity index is 1.64. The smallest absolute Gasteiger partial charge is 0.0459 e. The quantitative estimate of drug-likeness (QED) is 0.353. The summed E-state index contributed by atoms with van der Waals surface area (Å²) in [5.74, 6) is 0. The highest BCUT2D eigenvalue weighted by molar-refractivity contribution is 5.77. The Morgan fingerprint density at radius 1 is 0.828 bits per heavy atom. The molecular weight excluding hydrogens is 354 g/mol. The number of nitrogens with zero attached hydrogens (tertiary/aromatic N) is 1. The van der Waals surface area contributed by atoms with Crippen LogP contribution in [0, 0.1) is 0 Å². The second-order valence-corrected chi connectivity index (χ2v) is 6.75. The predicted molar refractivity (Wildman–Crippen MR) is 122 cm³/mol. The molecular formula is C26H23N3. The third-order valence-corrected chi connectivity index (χ3v) is 4.80. The maximum absolute atomic E-state index is 4.09. The second-order valence-electron chi connectivity index (χ2n) is 6.75. The number of benzene rings is 1. The van der Waals surface area contributed by atoms with Gasteiger partial charge in [0.15, 0.2) is 0 Å². The van der Waals surface area contributed by atoms with Crippen molar-refractivity contribution in [1.29, 1.82) is 0 Å². The van der Waals surface area contributed by atoms with Crippen molar-refractivity contribution < 1.29 is 0 Å². The number of nitrogens with one attached hydrogen (secondary N) is 2. The number of hydrogen-bond acceptors (Lipinski definition) is 1. The molecule has 29 heavy (non-hydrogen) atoms. The van der Waals surface area contributed by atoms with Crippen molar-refractivity contribution in [2.45, 2.75) is 6.92 Å². The number of allylic oxidation sites excluding steroid dienone is 5. The zero-order valence-corrected chi connectivity index (χ0v) is 16.4. The minimum Gasteiger partial charge on any atom is -0.355 e. The molecule has 0 bridgehead atoms. The molecule has 3 nitrogen and oxygen atoms in total. The van der Waals surface area contributed by atoms with E-state index in [4.69, 9.17) is 0 Å². The van der Waals surface area contributed by atoms with Gasteiger partial charge in [-0.2, -0.15) is 0 Å². The summed E-state index contributed by atoms with van der Waals surface area (Å²) in [6.45, 7) is 5.83. The van der Waals surface area contributed by atoms with Gasteiger partial charge in [0, 0.05) is 40.7 Å². The van der Waals surface area contributed by atoms with E-state index in [1.165, 1.54) is 0 Å². The molecule has 1 aromatic carbocycles. The van der Waals surface area contributed by atoms with Crippen molar-refractivity contribution in [3.05, 3.63) is 110 Å². The lowest BCUT2D eigenvalue weighted by molar-refractivity contribution is 1.31. The van der Waals surface area contributed by atoms with Gasteiger partial charge in [0.25, 0.3) is 0 Å². The van der Waals surface area contributed by atoms with Crippen molar-refractivity contribution in [1.82, 2.24) is 15.0 Å². The Hall–Kier alpha value is -3.85. The van der Waals surface area contributed by atoms with Gasteiger partial charge in [-0.05, 0) is 66.1 Å². The summed E-state index contributed by atoms with van der Waals surface area (Å²) in [5, 5.41) is 0. The molecule has 3 heteroatoms. The molecule has 0 spiro atoms. The van der Waals surface area contributed by atoms with Crippen molar-refractivity contribution in [3.8, 4) is 33.8 Å². The van der Waals surface area contributed by atoms with Gasteiger partial charge >= 0.3 is 0 Å². The Kier molecular flexibility index (Phi) is 5.39. The fourth-order valence-electron chi connectivity index (χ4n) is 3.39. The number of H-pyrrole nitrogens is 2. The Morgan fingerprint density at radius 3 is 2.17 bits per heavy atom. The zero-order chi connectivity index (χ0) is 20.1. The minimum atomic E-state index is 1.07. The monoisotopic (exact) mass is 377 g/mol. The van der Waals surface area contributed by atoms with Crippen LogP contribution in [-0.4, -0.2) is 15.0 Å². The van der Waals surface area contributed by atoms with Crippen LogP contribution in [0.15, 0.2) is 104 Å². The van der Waals surface area contributed by atoms with Gasteiger partial charge < -0.3 is 9.97 Å². The first kappa shape index (κ1) is 18.5. The molecule has 0 atom stereocenters. The lowest BCUT2D eigenvalue weighted by Gasteiger charge is -2.04. The summed E-state index contributed by atoms with van der Waals surface area (Å²) in [4.78, 5) is 11.1. The molecule has 3 aromatic heterocycles. The number of aromatic nitrogens is 3. The molecule has 0 aliphatic heterocycles. The number of pyridine rings is 1.